The van der Waals surface area contributed by atoms with Crippen LogP contribution in [0.4, 0.5) is 0 Å². The van der Waals surface area contributed by atoms with Crippen molar-refractivity contribution in [2.75, 3.05) is 40.9 Å². The van der Waals surface area contributed by atoms with Crippen LogP contribution in [-0.4, -0.2) is 68.5 Å². The van der Waals surface area contributed by atoms with Crippen molar-refractivity contribution in [3.8, 4) is 0 Å². The second kappa shape index (κ2) is 31.4. The molecular formula is C39H73N2O6P. The molecule has 1 amide bonds. The molecule has 0 saturated carbocycles. The third-order valence-corrected chi connectivity index (χ3v) is 9.00. The Morgan fingerprint density at radius 1 is 0.729 bits per heavy atom. The highest BCUT2D eigenvalue weighted by molar-refractivity contribution is 7.45. The smallest absolute Gasteiger partial charge is 0.268 e. The number of unbranched alkanes of at least 4 members (excludes halogenated alkanes) is 14. The molecule has 0 aliphatic carbocycles. The van der Waals surface area contributed by atoms with Crippen molar-refractivity contribution in [2.45, 2.75) is 154 Å². The highest BCUT2D eigenvalue weighted by Gasteiger charge is 2.23. The molecule has 0 bridgehead atoms. The molecule has 0 saturated heterocycles. The lowest BCUT2D eigenvalue weighted by molar-refractivity contribution is -0.870. The predicted molar refractivity (Wildman–Crippen MR) is 201 cm³/mol. The molecule has 0 rings (SSSR count). The molecule has 2 N–H and O–H groups in total. The number of nitrogens with zero attached hydrogens (tertiary/aromatic N) is 1. The molecule has 280 valence electrons. The largest absolute Gasteiger partial charge is 0.756 e. The van der Waals surface area contributed by atoms with E-state index in [0.717, 1.165) is 64.2 Å². The molecule has 0 fully saturated rings. The Kier molecular flexibility index (Phi) is 30.4. The molecule has 0 radical (unpaired) electrons. The molecule has 0 spiro atoms. The highest BCUT2D eigenvalue weighted by atomic mass is 31.2. The number of hydrogen-bond donors (Lipinski definition) is 2. The van der Waals surface area contributed by atoms with Crippen LogP contribution in [0.25, 0.3) is 0 Å². The van der Waals surface area contributed by atoms with Crippen LogP contribution in [0.3, 0.4) is 0 Å². The maximum atomic E-state index is 12.7. The Hall–Kier alpha value is -1.54. The zero-order valence-corrected chi connectivity index (χ0v) is 32.3. The number of rotatable bonds is 33. The standard InChI is InChI=1S/C39H73N2O6P/c1-6-8-10-12-14-15-16-17-18-19-20-21-22-23-24-25-27-29-31-33-39(43)40-37(38(42)32-30-28-26-13-11-9-7-2)36-47-48(44,45)46-35-34-41(3,4)5/h14-15,17-18,20-21,30,32,37-38,42H,6-13,16,19,22-29,31,33-36H2,1-5H3,(H-,40,43,44,45)/b15-14-,18-17-,21-20-,32-30+. The summed E-state index contributed by atoms with van der Waals surface area (Å²) in [5.41, 5.74) is 0. The van der Waals surface area contributed by atoms with Gasteiger partial charge < -0.3 is 28.8 Å². The Morgan fingerprint density at radius 2 is 1.21 bits per heavy atom. The summed E-state index contributed by atoms with van der Waals surface area (Å²) in [6, 6.07) is -0.890. The number of amides is 1. The van der Waals surface area contributed by atoms with Crippen LogP contribution < -0.4 is 10.2 Å². The third kappa shape index (κ3) is 33.0. The van der Waals surface area contributed by atoms with Crippen LogP contribution in [0, 0.1) is 0 Å². The van der Waals surface area contributed by atoms with Crippen molar-refractivity contribution in [3.05, 3.63) is 48.6 Å². The lowest BCUT2D eigenvalue weighted by Crippen LogP contribution is -2.45. The van der Waals surface area contributed by atoms with Gasteiger partial charge in [-0.2, -0.15) is 0 Å². The molecule has 8 nitrogen and oxygen atoms in total. The monoisotopic (exact) mass is 697 g/mol. The normalized spacial score (nSPS) is 15.2. The molecule has 0 heterocycles. The first-order valence-electron chi connectivity index (χ1n) is 19.0. The van der Waals surface area contributed by atoms with Gasteiger partial charge in [-0.25, -0.2) is 0 Å². The van der Waals surface area contributed by atoms with Gasteiger partial charge in [0.1, 0.15) is 13.2 Å². The van der Waals surface area contributed by atoms with E-state index in [1.807, 2.05) is 27.2 Å². The van der Waals surface area contributed by atoms with E-state index < -0.39 is 20.0 Å². The van der Waals surface area contributed by atoms with Gasteiger partial charge >= 0.3 is 0 Å². The van der Waals surface area contributed by atoms with Crippen molar-refractivity contribution in [1.82, 2.24) is 5.32 Å². The minimum Gasteiger partial charge on any atom is -0.756 e. The number of allylic oxidation sites excluding steroid dienone is 7. The van der Waals surface area contributed by atoms with E-state index in [9.17, 15) is 19.4 Å². The fourth-order valence-electron chi connectivity index (χ4n) is 4.92. The van der Waals surface area contributed by atoms with Gasteiger partial charge in [-0.05, 0) is 57.8 Å². The van der Waals surface area contributed by atoms with Gasteiger partial charge in [0.15, 0.2) is 0 Å². The summed E-state index contributed by atoms with van der Waals surface area (Å²) in [5.74, 6) is -0.218. The van der Waals surface area contributed by atoms with Crippen LogP contribution in [0.15, 0.2) is 48.6 Å². The van der Waals surface area contributed by atoms with Crippen molar-refractivity contribution >= 4 is 13.7 Å². The summed E-state index contributed by atoms with van der Waals surface area (Å²) in [5, 5.41) is 13.6. The van der Waals surface area contributed by atoms with Gasteiger partial charge in [-0.15, -0.1) is 0 Å². The van der Waals surface area contributed by atoms with Crippen LogP contribution in [0.1, 0.15) is 142 Å². The van der Waals surface area contributed by atoms with E-state index in [4.69, 9.17) is 9.05 Å². The fourth-order valence-corrected chi connectivity index (χ4v) is 5.64. The Bertz CT molecular complexity index is 928. The first-order chi connectivity index (χ1) is 23.0. The second-order valence-electron chi connectivity index (χ2n) is 13.9. The Labute approximate surface area is 295 Å². The number of hydrogen-bond acceptors (Lipinski definition) is 6. The highest BCUT2D eigenvalue weighted by Crippen LogP contribution is 2.38. The zero-order valence-electron chi connectivity index (χ0n) is 31.4. The first kappa shape index (κ1) is 46.5. The molecule has 9 heteroatoms. The van der Waals surface area contributed by atoms with Gasteiger partial charge in [0.25, 0.3) is 7.82 Å². The molecular weight excluding hydrogens is 623 g/mol. The van der Waals surface area contributed by atoms with E-state index in [2.05, 4.69) is 55.6 Å². The number of phosphoric ester groups is 1. The average Bonchev–Trinajstić information content (AvgIpc) is 3.02. The first-order valence-corrected chi connectivity index (χ1v) is 20.5. The number of carbonyl (C=O) groups is 1. The molecule has 0 aliphatic rings. The summed E-state index contributed by atoms with van der Waals surface area (Å²) < 4.78 is 23.0. The topological polar surface area (TPSA) is 108 Å². The summed E-state index contributed by atoms with van der Waals surface area (Å²) >= 11 is 0. The maximum Gasteiger partial charge on any atom is 0.268 e. The molecule has 48 heavy (non-hydrogen) atoms. The number of aliphatic hydroxyl groups excluding tert-OH is 1. The van der Waals surface area contributed by atoms with Crippen LogP contribution in [0.2, 0.25) is 0 Å². The summed E-state index contributed by atoms with van der Waals surface area (Å²) in [4.78, 5) is 25.1. The molecule has 0 aromatic rings. The molecule has 3 atom stereocenters. The predicted octanol–water partition coefficient (Wildman–Crippen LogP) is 9.11. The van der Waals surface area contributed by atoms with E-state index in [0.29, 0.717) is 17.4 Å². The number of carbonyl (C=O) groups excluding carboxylic acids is 1. The van der Waals surface area contributed by atoms with Crippen LogP contribution in [0.5, 0.6) is 0 Å². The van der Waals surface area contributed by atoms with Crippen LogP contribution in [-0.2, 0) is 18.4 Å². The number of quaternary nitrogens is 1. The van der Waals surface area contributed by atoms with E-state index in [1.165, 1.54) is 57.8 Å². The second-order valence-corrected chi connectivity index (χ2v) is 15.3. The van der Waals surface area contributed by atoms with Gasteiger partial charge in [-0.3, -0.25) is 9.36 Å². The molecule has 0 aliphatic heterocycles. The van der Waals surface area contributed by atoms with Gasteiger partial charge in [0.05, 0.1) is 39.9 Å². The lowest BCUT2D eigenvalue weighted by Gasteiger charge is -2.29. The minimum atomic E-state index is -4.58. The van der Waals surface area contributed by atoms with E-state index >= 15 is 0 Å². The third-order valence-electron chi connectivity index (χ3n) is 8.03. The summed E-state index contributed by atoms with van der Waals surface area (Å²) in [6.07, 6.45) is 37.4. The van der Waals surface area contributed by atoms with E-state index in [1.54, 1.807) is 6.08 Å². The number of nitrogens with one attached hydrogen (secondary N) is 1. The van der Waals surface area contributed by atoms with Crippen molar-refractivity contribution in [3.63, 3.8) is 0 Å². The van der Waals surface area contributed by atoms with Gasteiger partial charge in [-0.1, -0.05) is 127 Å². The minimum absolute atomic E-state index is 0.00629. The Balaban J connectivity index is 4.39. The number of aliphatic hydroxyl groups is 1. The molecule has 0 aromatic carbocycles. The van der Waals surface area contributed by atoms with Crippen molar-refractivity contribution in [1.29, 1.82) is 0 Å². The SMILES string of the molecule is CCCCC/C=C\C/C=C\C/C=C\CCCCCCCCC(=O)NC(COP(=O)([O-])OCC[N+](C)(C)C)C(O)/C=C/CCCCCCC. The lowest BCUT2D eigenvalue weighted by atomic mass is 10.1. The van der Waals surface area contributed by atoms with Crippen molar-refractivity contribution < 1.29 is 32.9 Å². The number of phosphoric acid groups is 1. The van der Waals surface area contributed by atoms with E-state index in [-0.39, 0.29) is 19.1 Å². The summed E-state index contributed by atoms with van der Waals surface area (Å²) in [7, 11) is 1.24. The maximum absolute atomic E-state index is 12.7. The Morgan fingerprint density at radius 3 is 1.79 bits per heavy atom. The molecule has 0 aromatic heterocycles. The van der Waals surface area contributed by atoms with Gasteiger partial charge in [0.2, 0.25) is 5.91 Å². The molecule has 3 unspecified atom stereocenters. The zero-order chi connectivity index (χ0) is 35.8. The van der Waals surface area contributed by atoms with Gasteiger partial charge in [0, 0.05) is 6.42 Å². The number of likely N-dealkylation sites (N-methyl/N-ethyl adjacent to an activating group) is 1. The quantitative estimate of drug-likeness (QED) is 0.0307. The van der Waals surface area contributed by atoms with Crippen LogP contribution >= 0.6 is 7.82 Å². The summed E-state index contributed by atoms with van der Waals surface area (Å²) in [6.45, 7) is 4.51. The van der Waals surface area contributed by atoms with Crippen molar-refractivity contribution in [2.24, 2.45) is 0 Å². The fraction of sp³-hybridized carbons (Fsp3) is 0.769. The average molecular weight is 697 g/mol.